The maximum absolute atomic E-state index is 12.5. The monoisotopic (exact) mass is 359 g/mol. The van der Waals surface area contributed by atoms with Crippen LogP contribution in [0.25, 0.3) is 0 Å². The smallest absolute Gasteiger partial charge is 0.350 e. The molecule has 0 bridgehead atoms. The van der Waals surface area contributed by atoms with Crippen LogP contribution in [0.15, 0.2) is 28.5 Å². The molecule has 0 aliphatic carbocycles. The zero-order valence-electron chi connectivity index (χ0n) is 12.1. The summed E-state index contributed by atoms with van der Waals surface area (Å²) in [6.45, 7) is 3.39. The van der Waals surface area contributed by atoms with E-state index in [1.165, 1.54) is 19.2 Å². The molecule has 0 saturated carbocycles. The van der Waals surface area contributed by atoms with E-state index in [9.17, 15) is 13.2 Å². The van der Waals surface area contributed by atoms with Crippen molar-refractivity contribution in [3.8, 4) is 0 Å². The average molecular weight is 360 g/mol. The van der Waals surface area contributed by atoms with Crippen LogP contribution in [0.1, 0.15) is 20.8 Å². The van der Waals surface area contributed by atoms with Gasteiger partial charge in [-0.05, 0) is 48.6 Å². The third-order valence-electron chi connectivity index (χ3n) is 3.03. The topological polar surface area (TPSA) is 72.5 Å². The predicted molar refractivity (Wildman–Crippen MR) is 87.4 cm³/mol. The molecule has 0 radical (unpaired) electrons. The minimum Gasteiger partial charge on any atom is -0.465 e. The number of nitrogens with one attached hydrogen (secondary N) is 1. The molecule has 5 nitrogen and oxygen atoms in total. The lowest BCUT2D eigenvalue weighted by molar-refractivity contribution is 0.0607. The SMILES string of the molecule is COC(=O)c1sccc1NS(=O)(=O)c1cc(C)c(Cl)cc1C. The first-order chi connectivity index (χ1) is 10.3. The molecule has 0 saturated heterocycles. The van der Waals surface area contributed by atoms with Crippen molar-refractivity contribution in [2.45, 2.75) is 18.7 Å². The molecule has 0 aliphatic heterocycles. The van der Waals surface area contributed by atoms with E-state index in [-0.39, 0.29) is 15.5 Å². The van der Waals surface area contributed by atoms with Crippen molar-refractivity contribution >= 4 is 44.6 Å². The summed E-state index contributed by atoms with van der Waals surface area (Å²) in [5.41, 5.74) is 1.38. The highest BCUT2D eigenvalue weighted by Gasteiger charge is 2.22. The molecule has 1 N–H and O–H groups in total. The Labute approximate surface area is 137 Å². The number of hydrogen-bond donors (Lipinski definition) is 1. The Bertz CT molecular complexity index is 827. The molecular formula is C14H14ClNO4S2. The van der Waals surface area contributed by atoms with E-state index in [4.69, 9.17) is 11.6 Å². The summed E-state index contributed by atoms with van der Waals surface area (Å²) in [6.07, 6.45) is 0. The number of rotatable bonds is 4. The molecule has 0 atom stereocenters. The van der Waals surface area contributed by atoms with E-state index in [0.29, 0.717) is 16.1 Å². The third-order valence-corrected chi connectivity index (χ3v) is 5.84. The number of hydrogen-bond acceptors (Lipinski definition) is 5. The van der Waals surface area contributed by atoms with Gasteiger partial charge in [0.1, 0.15) is 4.88 Å². The van der Waals surface area contributed by atoms with Crippen molar-refractivity contribution in [3.63, 3.8) is 0 Å². The Morgan fingerprint density at radius 1 is 1.27 bits per heavy atom. The van der Waals surface area contributed by atoms with Gasteiger partial charge in [-0.2, -0.15) is 0 Å². The van der Waals surface area contributed by atoms with Gasteiger partial charge >= 0.3 is 5.97 Å². The van der Waals surface area contributed by atoms with Gasteiger partial charge in [0.2, 0.25) is 0 Å². The minimum atomic E-state index is -3.83. The summed E-state index contributed by atoms with van der Waals surface area (Å²) in [5.74, 6) is -0.586. The zero-order valence-corrected chi connectivity index (χ0v) is 14.5. The van der Waals surface area contributed by atoms with Crippen molar-refractivity contribution in [3.05, 3.63) is 44.6 Å². The zero-order chi connectivity index (χ0) is 16.5. The highest BCUT2D eigenvalue weighted by molar-refractivity contribution is 7.92. The number of esters is 1. The molecule has 0 amide bonds. The Hall–Kier alpha value is -1.57. The number of methoxy groups -OCH3 is 1. The fraction of sp³-hybridized carbons (Fsp3) is 0.214. The second-order valence-electron chi connectivity index (χ2n) is 4.63. The number of thiophene rings is 1. The van der Waals surface area contributed by atoms with Crippen molar-refractivity contribution in [2.24, 2.45) is 0 Å². The van der Waals surface area contributed by atoms with Gasteiger partial charge in [-0.25, -0.2) is 13.2 Å². The molecule has 0 fully saturated rings. The van der Waals surface area contributed by atoms with Gasteiger partial charge in [0.15, 0.2) is 0 Å². The van der Waals surface area contributed by atoms with Gasteiger partial charge < -0.3 is 4.74 Å². The van der Waals surface area contributed by atoms with Gasteiger partial charge in [-0.15, -0.1) is 11.3 Å². The molecule has 0 spiro atoms. The van der Waals surface area contributed by atoms with Crippen LogP contribution in [0, 0.1) is 13.8 Å². The molecule has 2 aromatic rings. The maximum Gasteiger partial charge on any atom is 0.350 e. The molecule has 118 valence electrons. The summed E-state index contributed by atoms with van der Waals surface area (Å²) in [5, 5.41) is 2.12. The number of ether oxygens (including phenoxy) is 1. The molecule has 1 heterocycles. The molecule has 1 aromatic carbocycles. The van der Waals surface area contributed by atoms with E-state index in [0.717, 1.165) is 11.3 Å². The third kappa shape index (κ3) is 3.26. The fourth-order valence-electron chi connectivity index (χ4n) is 1.88. The van der Waals surface area contributed by atoms with Gasteiger partial charge in [0, 0.05) is 5.02 Å². The maximum atomic E-state index is 12.5. The second kappa shape index (κ2) is 6.28. The van der Waals surface area contributed by atoms with E-state index in [1.54, 1.807) is 25.3 Å². The lowest BCUT2D eigenvalue weighted by atomic mass is 10.2. The standard InChI is InChI=1S/C14H14ClNO4S2/c1-8-7-12(9(2)6-10(8)15)22(18,19)16-11-4-5-21-13(11)14(17)20-3/h4-7,16H,1-3H3. The lowest BCUT2D eigenvalue weighted by Crippen LogP contribution is -2.16. The highest BCUT2D eigenvalue weighted by Crippen LogP contribution is 2.29. The van der Waals surface area contributed by atoms with Crippen molar-refractivity contribution in [1.82, 2.24) is 0 Å². The molecule has 0 unspecified atom stereocenters. The Morgan fingerprint density at radius 2 is 1.95 bits per heavy atom. The average Bonchev–Trinajstić information content (AvgIpc) is 2.89. The number of sulfonamides is 1. The van der Waals surface area contributed by atoms with Crippen LogP contribution in [0.5, 0.6) is 0 Å². The largest absolute Gasteiger partial charge is 0.465 e. The van der Waals surface area contributed by atoms with Gasteiger partial charge in [-0.1, -0.05) is 11.6 Å². The number of halogens is 1. The van der Waals surface area contributed by atoms with Crippen LogP contribution in [-0.2, 0) is 14.8 Å². The molecule has 1 aromatic heterocycles. The van der Waals surface area contributed by atoms with E-state index < -0.39 is 16.0 Å². The molecule has 2 rings (SSSR count). The Kier molecular flexibility index (Phi) is 4.79. The second-order valence-corrected chi connectivity index (χ2v) is 7.60. The lowest BCUT2D eigenvalue weighted by Gasteiger charge is -2.12. The normalized spacial score (nSPS) is 11.3. The summed E-state index contributed by atoms with van der Waals surface area (Å²) in [7, 11) is -2.58. The van der Waals surface area contributed by atoms with Crippen LogP contribution in [-0.4, -0.2) is 21.5 Å². The van der Waals surface area contributed by atoms with Crippen LogP contribution in [0.4, 0.5) is 5.69 Å². The van der Waals surface area contributed by atoms with Crippen molar-refractivity contribution in [2.75, 3.05) is 11.8 Å². The van der Waals surface area contributed by atoms with Gasteiger partial charge in [0.05, 0.1) is 17.7 Å². The van der Waals surface area contributed by atoms with Crippen LogP contribution < -0.4 is 4.72 Å². The molecular weight excluding hydrogens is 346 g/mol. The van der Waals surface area contributed by atoms with Crippen LogP contribution in [0.2, 0.25) is 5.02 Å². The first-order valence-electron chi connectivity index (χ1n) is 6.21. The summed E-state index contributed by atoms with van der Waals surface area (Å²) in [4.78, 5) is 11.9. The number of anilines is 1. The molecule has 0 aliphatic rings. The van der Waals surface area contributed by atoms with Crippen molar-refractivity contribution < 1.29 is 17.9 Å². The van der Waals surface area contributed by atoms with Gasteiger partial charge in [-0.3, -0.25) is 4.72 Å². The van der Waals surface area contributed by atoms with Gasteiger partial charge in [0.25, 0.3) is 10.0 Å². The summed E-state index contributed by atoms with van der Waals surface area (Å²) >= 11 is 7.09. The van der Waals surface area contributed by atoms with E-state index in [1.807, 2.05) is 0 Å². The Balaban J connectivity index is 2.43. The van der Waals surface area contributed by atoms with Crippen LogP contribution >= 0.6 is 22.9 Å². The number of carbonyl (C=O) groups is 1. The van der Waals surface area contributed by atoms with E-state index in [2.05, 4.69) is 9.46 Å². The minimum absolute atomic E-state index is 0.122. The van der Waals surface area contributed by atoms with Crippen LogP contribution in [0.3, 0.4) is 0 Å². The quantitative estimate of drug-likeness (QED) is 0.846. The van der Waals surface area contributed by atoms with E-state index >= 15 is 0 Å². The summed E-state index contributed by atoms with van der Waals surface area (Å²) in [6, 6.07) is 4.62. The Morgan fingerprint density at radius 3 is 2.59 bits per heavy atom. The highest BCUT2D eigenvalue weighted by atomic mass is 35.5. The molecule has 22 heavy (non-hydrogen) atoms. The molecule has 8 heteroatoms. The first-order valence-corrected chi connectivity index (χ1v) is 8.95. The first kappa shape index (κ1) is 16.8. The van der Waals surface area contributed by atoms with Crippen molar-refractivity contribution in [1.29, 1.82) is 0 Å². The number of carbonyl (C=O) groups excluding carboxylic acids is 1. The number of benzene rings is 1. The number of aryl methyl sites for hydroxylation is 2. The predicted octanol–water partition coefficient (Wildman–Crippen LogP) is 3.61. The summed E-state index contributed by atoms with van der Waals surface area (Å²) < 4.78 is 32.1. The fourth-order valence-corrected chi connectivity index (χ4v) is 4.32.